The van der Waals surface area contributed by atoms with Crippen LogP contribution in [0.2, 0.25) is 5.02 Å². The van der Waals surface area contributed by atoms with E-state index in [1.807, 2.05) is 41.4 Å². The van der Waals surface area contributed by atoms with Gasteiger partial charge >= 0.3 is 6.18 Å². The van der Waals surface area contributed by atoms with E-state index in [1.54, 1.807) is 40.9 Å². The summed E-state index contributed by atoms with van der Waals surface area (Å²) in [5.74, 6) is 0. The number of thiazole rings is 1. The molecule has 3 aromatic rings. The Morgan fingerprint density at radius 2 is 1.94 bits per heavy atom. The van der Waals surface area contributed by atoms with Gasteiger partial charge in [0.2, 0.25) is 0 Å². The maximum absolute atomic E-state index is 13.2. The van der Waals surface area contributed by atoms with Crippen molar-refractivity contribution in [3.05, 3.63) is 102 Å². The predicted octanol–water partition coefficient (Wildman–Crippen LogP) is 8.05. The van der Waals surface area contributed by atoms with Crippen LogP contribution in [0.4, 0.5) is 18.9 Å². The molecule has 1 aromatic heterocycles. The van der Waals surface area contributed by atoms with Crippen LogP contribution in [0.3, 0.4) is 0 Å². The highest BCUT2D eigenvalue weighted by atomic mass is 35.5. The predicted molar refractivity (Wildman–Crippen MR) is 145 cm³/mol. The van der Waals surface area contributed by atoms with Crippen LogP contribution in [0.5, 0.6) is 0 Å². The second-order valence-corrected chi connectivity index (χ2v) is 11.7. The van der Waals surface area contributed by atoms with Gasteiger partial charge < -0.3 is 9.80 Å². The van der Waals surface area contributed by atoms with Crippen LogP contribution in [0.25, 0.3) is 6.08 Å². The highest BCUT2D eigenvalue weighted by Gasteiger charge is 2.35. The summed E-state index contributed by atoms with van der Waals surface area (Å²) < 4.78 is 41.5. The van der Waals surface area contributed by atoms with Gasteiger partial charge in [0.1, 0.15) is 0 Å². The number of halogens is 4. The molecule has 36 heavy (non-hydrogen) atoms. The lowest BCUT2D eigenvalue weighted by molar-refractivity contribution is -0.685. The molecule has 0 amide bonds. The molecule has 0 bridgehead atoms. The Bertz CT molecular complexity index is 1410. The molecule has 0 N–H and O–H groups in total. The number of fused-ring (bicyclic) bond motifs is 1. The first kappa shape index (κ1) is 25.3. The summed E-state index contributed by atoms with van der Waals surface area (Å²) in [7, 11) is 2.04. The zero-order valence-corrected chi connectivity index (χ0v) is 22.7. The van der Waals surface area contributed by atoms with E-state index >= 15 is 0 Å². The lowest BCUT2D eigenvalue weighted by Crippen LogP contribution is -2.34. The smallest absolute Gasteiger partial charge is 0.337 e. The molecule has 3 heterocycles. The van der Waals surface area contributed by atoms with Crippen molar-refractivity contribution in [2.24, 2.45) is 0 Å². The van der Waals surface area contributed by atoms with E-state index in [2.05, 4.69) is 29.4 Å². The number of hydrogen-bond donors (Lipinski definition) is 0. The first-order chi connectivity index (χ1) is 17.2. The Kier molecular flexibility index (Phi) is 6.93. The van der Waals surface area contributed by atoms with Crippen LogP contribution in [-0.4, -0.2) is 18.5 Å². The summed E-state index contributed by atoms with van der Waals surface area (Å²) in [5, 5.41) is 5.75. The molecule has 2 aliphatic heterocycles. The van der Waals surface area contributed by atoms with E-state index in [4.69, 9.17) is 11.6 Å². The molecule has 0 unspecified atom stereocenters. The Balaban J connectivity index is 1.45. The fraction of sp³-hybridized carbons (Fsp3) is 0.192. The van der Waals surface area contributed by atoms with Gasteiger partial charge in [-0.05, 0) is 37.3 Å². The molecule has 0 saturated carbocycles. The summed E-state index contributed by atoms with van der Waals surface area (Å²) in [6, 6.07) is 11.4. The number of alkyl halides is 3. The van der Waals surface area contributed by atoms with Crippen LogP contribution in [0.1, 0.15) is 23.1 Å². The van der Waals surface area contributed by atoms with Gasteiger partial charge in [-0.15, -0.1) is 0 Å². The highest BCUT2D eigenvalue weighted by molar-refractivity contribution is 8.09. The van der Waals surface area contributed by atoms with Crippen molar-refractivity contribution >= 4 is 58.2 Å². The Labute approximate surface area is 225 Å². The third-order valence-corrected chi connectivity index (χ3v) is 9.55. The minimum atomic E-state index is -4.36. The molecule has 0 spiro atoms. The van der Waals surface area contributed by atoms with Gasteiger partial charge in [0, 0.05) is 29.1 Å². The number of anilines is 1. The first-order valence-electron chi connectivity index (χ1n) is 11.1. The van der Waals surface area contributed by atoms with Gasteiger partial charge in [0.05, 0.1) is 43.4 Å². The van der Waals surface area contributed by atoms with Gasteiger partial charge in [-0.1, -0.05) is 65.2 Å². The van der Waals surface area contributed by atoms with Crippen molar-refractivity contribution in [1.29, 1.82) is 0 Å². The van der Waals surface area contributed by atoms with Gasteiger partial charge in [-0.25, -0.2) is 0 Å². The van der Waals surface area contributed by atoms with E-state index in [0.29, 0.717) is 17.1 Å². The summed E-state index contributed by atoms with van der Waals surface area (Å²) in [6.07, 6.45) is -0.361. The average Bonchev–Trinajstić information content (AvgIpc) is 3.49. The third kappa shape index (κ3) is 4.81. The van der Waals surface area contributed by atoms with Crippen molar-refractivity contribution in [2.75, 3.05) is 18.5 Å². The Morgan fingerprint density at radius 3 is 2.69 bits per heavy atom. The number of rotatable bonds is 4. The molecule has 1 fully saturated rings. The quantitative estimate of drug-likeness (QED) is 0.297. The van der Waals surface area contributed by atoms with Gasteiger partial charge in [0.15, 0.2) is 12.7 Å². The van der Waals surface area contributed by atoms with Crippen LogP contribution in [0.15, 0.2) is 86.2 Å². The molecule has 0 atom stereocenters. The van der Waals surface area contributed by atoms with Crippen molar-refractivity contribution < 1.29 is 17.7 Å². The maximum Gasteiger partial charge on any atom is 0.416 e. The fourth-order valence-electron chi connectivity index (χ4n) is 4.13. The number of hydrogen-bond acceptors (Lipinski definition) is 5. The third-order valence-electron chi connectivity index (χ3n) is 5.93. The molecule has 10 heteroatoms. The molecule has 186 valence electrons. The Morgan fingerprint density at radius 1 is 1.14 bits per heavy atom. The summed E-state index contributed by atoms with van der Waals surface area (Å²) >= 11 is 11.1. The van der Waals surface area contributed by atoms with Crippen LogP contribution in [0, 0.1) is 0 Å². The molecule has 3 nitrogen and oxygen atoms in total. The molecule has 0 radical (unpaired) electrons. The zero-order valence-electron chi connectivity index (χ0n) is 19.5. The number of likely N-dealkylation sites (N-methyl/N-ethyl adjacent to an activating group) is 1. The minimum absolute atomic E-state index is 0.354. The van der Waals surface area contributed by atoms with Crippen LogP contribution >= 0.6 is 46.5 Å². The second-order valence-electron chi connectivity index (χ2n) is 8.25. The molecule has 2 aliphatic rings. The van der Waals surface area contributed by atoms with Gasteiger partial charge in [-0.2, -0.15) is 17.7 Å². The van der Waals surface area contributed by atoms with Gasteiger partial charge in [-0.3, -0.25) is 0 Å². The minimum Gasteiger partial charge on any atom is -0.337 e. The summed E-state index contributed by atoms with van der Waals surface area (Å²) in [6.45, 7) is 7.57. The van der Waals surface area contributed by atoms with Crippen molar-refractivity contribution in [1.82, 2.24) is 4.90 Å². The topological polar surface area (TPSA) is 10.4 Å². The zero-order chi connectivity index (χ0) is 25.6. The van der Waals surface area contributed by atoms with Crippen LogP contribution in [-0.2, 0) is 12.7 Å². The van der Waals surface area contributed by atoms with Gasteiger partial charge in [0.25, 0.3) is 5.01 Å². The van der Waals surface area contributed by atoms with Crippen molar-refractivity contribution in [3.63, 3.8) is 0 Å². The van der Waals surface area contributed by atoms with Crippen LogP contribution < -0.4 is 9.47 Å². The molecule has 2 aromatic carbocycles. The SMILES string of the molecule is C=C1C(=C2Sc3cc(Cl)ccc3N2C)SC(=Cc2scc[n+]2Cc2cccc(C(F)(F)F)c2)N1CC. The van der Waals surface area contributed by atoms with E-state index in [-0.39, 0.29) is 0 Å². The summed E-state index contributed by atoms with van der Waals surface area (Å²) in [4.78, 5) is 6.54. The average molecular weight is 565 g/mol. The number of nitrogens with zero attached hydrogens (tertiary/aromatic N) is 3. The van der Waals surface area contributed by atoms with E-state index in [9.17, 15) is 13.2 Å². The normalized spacial score (nSPS) is 19.1. The molecule has 1 saturated heterocycles. The fourth-order valence-corrected chi connectivity index (χ4v) is 7.81. The lowest BCUT2D eigenvalue weighted by Gasteiger charge is -2.18. The lowest BCUT2D eigenvalue weighted by atomic mass is 10.1. The van der Waals surface area contributed by atoms with E-state index < -0.39 is 11.7 Å². The highest BCUT2D eigenvalue weighted by Crippen LogP contribution is 2.54. The molecule has 0 aliphatic carbocycles. The van der Waals surface area contributed by atoms with E-state index in [0.717, 1.165) is 48.9 Å². The largest absolute Gasteiger partial charge is 0.416 e. The molecule has 5 rings (SSSR count). The standard InChI is InChI=1S/C26H22ClF3N3S3/c1-4-33-16(2)24(25-31(3)20-9-8-19(27)13-21(20)35-25)36-23(33)14-22-32(10-11-34-22)15-17-6-5-7-18(12-17)26(28,29)30/h5-14H,2,4,15H2,1,3H3/q+1. The van der Waals surface area contributed by atoms with Crippen molar-refractivity contribution in [2.45, 2.75) is 24.5 Å². The Hall–Kier alpha value is -2.33. The molecular formula is C26H22ClF3N3S3+. The van der Waals surface area contributed by atoms with Crippen molar-refractivity contribution in [3.8, 4) is 0 Å². The number of aromatic nitrogens is 1. The number of benzene rings is 2. The second kappa shape index (κ2) is 9.85. The first-order valence-corrected chi connectivity index (χ1v) is 14.0. The van der Waals surface area contributed by atoms with E-state index in [1.165, 1.54) is 12.1 Å². The molecular weight excluding hydrogens is 543 g/mol. The number of thioether (sulfide) groups is 2. The maximum atomic E-state index is 13.2. The summed E-state index contributed by atoms with van der Waals surface area (Å²) in [5.41, 5.74) is 2.01. The monoisotopic (exact) mass is 564 g/mol.